The number of nitrogens with one attached hydrogen (secondary N) is 1. The number of amides is 1. The van der Waals surface area contributed by atoms with Crippen LogP contribution in [0.3, 0.4) is 0 Å². The van der Waals surface area contributed by atoms with E-state index < -0.39 is 17.5 Å². The predicted molar refractivity (Wildman–Crippen MR) is 106 cm³/mol. The molecule has 4 rings (SSSR count). The van der Waals surface area contributed by atoms with Gasteiger partial charge < -0.3 is 15.2 Å². The van der Waals surface area contributed by atoms with Gasteiger partial charge in [0.2, 0.25) is 5.66 Å². The number of ether oxygens (including phenoxy) is 1. The van der Waals surface area contributed by atoms with Crippen LogP contribution in [-0.2, 0) is 10.5 Å². The van der Waals surface area contributed by atoms with Crippen molar-refractivity contribution in [2.24, 2.45) is 0 Å². The summed E-state index contributed by atoms with van der Waals surface area (Å²) in [6.07, 6.45) is 0. The lowest BCUT2D eigenvalue weighted by Crippen LogP contribution is -2.62. The number of fused-ring (bicyclic) bond motifs is 1. The molecule has 140 valence electrons. The fourth-order valence-electron chi connectivity index (χ4n) is 3.56. The Morgan fingerprint density at radius 3 is 2.32 bits per heavy atom. The van der Waals surface area contributed by atoms with Gasteiger partial charge in [0.05, 0.1) is 18.4 Å². The predicted octanol–water partition coefficient (Wildman–Crippen LogP) is 3.71. The van der Waals surface area contributed by atoms with Gasteiger partial charge >= 0.3 is 5.97 Å². The van der Waals surface area contributed by atoms with Crippen molar-refractivity contribution in [3.63, 3.8) is 0 Å². The van der Waals surface area contributed by atoms with Crippen molar-refractivity contribution in [3.05, 3.63) is 90.0 Å². The van der Waals surface area contributed by atoms with E-state index in [0.29, 0.717) is 28.3 Å². The first kappa shape index (κ1) is 17.6. The van der Waals surface area contributed by atoms with Crippen LogP contribution in [0.1, 0.15) is 15.9 Å². The molecule has 1 amide bonds. The Kier molecular flexibility index (Phi) is 4.24. The Hall–Kier alpha value is -3.80. The molecule has 0 radical (unpaired) electrons. The van der Waals surface area contributed by atoms with E-state index >= 15 is 0 Å². The van der Waals surface area contributed by atoms with Crippen LogP contribution in [0.15, 0.2) is 78.9 Å². The number of carboxylic acids is 1. The summed E-state index contributed by atoms with van der Waals surface area (Å²) in [4.78, 5) is 27.5. The molecular weight excluding hydrogens is 356 g/mol. The fourth-order valence-corrected chi connectivity index (χ4v) is 3.56. The lowest BCUT2D eigenvalue weighted by molar-refractivity contribution is -0.142. The molecule has 1 aliphatic rings. The van der Waals surface area contributed by atoms with E-state index in [2.05, 4.69) is 5.32 Å². The van der Waals surface area contributed by atoms with Crippen molar-refractivity contribution in [2.75, 3.05) is 17.3 Å². The minimum Gasteiger partial charge on any atom is -0.495 e. The molecule has 0 saturated carbocycles. The quantitative estimate of drug-likeness (QED) is 0.728. The van der Waals surface area contributed by atoms with Crippen molar-refractivity contribution in [2.45, 2.75) is 5.66 Å². The van der Waals surface area contributed by atoms with Crippen LogP contribution in [0.25, 0.3) is 0 Å². The van der Waals surface area contributed by atoms with Crippen molar-refractivity contribution >= 4 is 23.3 Å². The molecule has 28 heavy (non-hydrogen) atoms. The standard InChI is InChI=1S/C22H18N2O4/c1-28-19-14-8-7-13-18(19)24-20(25)16-11-5-6-12-17(16)23-22(24,21(26)27)15-9-3-2-4-10-15/h2-14,23H,1H3,(H,26,27)/t22-/m0/s1. The normalized spacial score (nSPS) is 18.2. The lowest BCUT2D eigenvalue weighted by atomic mass is 9.91. The number of anilines is 2. The Balaban J connectivity index is 2.06. The van der Waals surface area contributed by atoms with Gasteiger partial charge in [-0.1, -0.05) is 54.6 Å². The topological polar surface area (TPSA) is 78.9 Å². The van der Waals surface area contributed by atoms with Crippen LogP contribution in [0, 0.1) is 0 Å². The lowest BCUT2D eigenvalue weighted by Gasteiger charge is -2.45. The molecule has 1 heterocycles. The second kappa shape index (κ2) is 6.74. The van der Waals surface area contributed by atoms with E-state index in [1.54, 1.807) is 78.9 Å². The van der Waals surface area contributed by atoms with Crippen LogP contribution >= 0.6 is 0 Å². The summed E-state index contributed by atoms with van der Waals surface area (Å²) in [5.41, 5.74) is -0.188. The maximum atomic E-state index is 13.5. The third-order valence-corrected chi connectivity index (χ3v) is 4.84. The van der Waals surface area contributed by atoms with Gasteiger partial charge in [0, 0.05) is 11.3 Å². The Labute approximate surface area is 162 Å². The summed E-state index contributed by atoms with van der Waals surface area (Å²) in [5, 5.41) is 13.5. The molecule has 0 spiro atoms. The zero-order valence-electron chi connectivity index (χ0n) is 15.1. The van der Waals surface area contributed by atoms with E-state index in [1.165, 1.54) is 12.0 Å². The number of carboxylic acid groups (broad SMARTS) is 1. The SMILES string of the molecule is COc1ccccc1N1C(=O)c2ccccc2N[C@@]1(C(=O)O)c1ccccc1. The van der Waals surface area contributed by atoms with Gasteiger partial charge in [-0.15, -0.1) is 0 Å². The van der Waals surface area contributed by atoms with Crippen LogP contribution in [0.5, 0.6) is 5.75 Å². The number of hydrogen-bond donors (Lipinski definition) is 2. The van der Waals surface area contributed by atoms with Gasteiger partial charge in [-0.05, 0) is 24.3 Å². The highest BCUT2D eigenvalue weighted by molar-refractivity contribution is 6.17. The van der Waals surface area contributed by atoms with Gasteiger partial charge in [0.15, 0.2) is 0 Å². The molecule has 0 aliphatic carbocycles. The number of hydrogen-bond acceptors (Lipinski definition) is 4. The fraction of sp³-hybridized carbons (Fsp3) is 0.0909. The molecule has 1 aliphatic heterocycles. The van der Waals surface area contributed by atoms with Gasteiger partial charge in [-0.3, -0.25) is 9.69 Å². The summed E-state index contributed by atoms with van der Waals surface area (Å²) in [5.74, 6) is -1.23. The number of nitrogens with zero attached hydrogens (tertiary/aromatic N) is 1. The number of carbonyl (C=O) groups excluding carboxylic acids is 1. The van der Waals surface area contributed by atoms with Crippen LogP contribution in [-0.4, -0.2) is 24.1 Å². The number of para-hydroxylation sites is 3. The zero-order chi connectivity index (χ0) is 19.7. The molecule has 2 N–H and O–H groups in total. The van der Waals surface area contributed by atoms with Gasteiger partial charge in [-0.2, -0.15) is 0 Å². The highest BCUT2D eigenvalue weighted by Gasteiger charge is 2.53. The first-order valence-corrected chi connectivity index (χ1v) is 8.73. The molecule has 3 aromatic rings. The summed E-state index contributed by atoms with van der Waals surface area (Å²) >= 11 is 0. The molecular formula is C22H18N2O4. The van der Waals surface area contributed by atoms with Crippen molar-refractivity contribution in [1.29, 1.82) is 0 Å². The van der Waals surface area contributed by atoms with E-state index in [1.807, 2.05) is 0 Å². The number of carbonyl (C=O) groups is 2. The number of rotatable bonds is 4. The minimum absolute atomic E-state index is 0.364. The zero-order valence-corrected chi connectivity index (χ0v) is 15.1. The summed E-state index contributed by atoms with van der Waals surface area (Å²) < 4.78 is 5.43. The van der Waals surface area contributed by atoms with E-state index in [9.17, 15) is 14.7 Å². The summed E-state index contributed by atoms with van der Waals surface area (Å²) in [6, 6.07) is 22.4. The number of benzene rings is 3. The molecule has 3 aromatic carbocycles. The first-order valence-electron chi connectivity index (χ1n) is 8.73. The molecule has 0 fully saturated rings. The largest absolute Gasteiger partial charge is 0.495 e. The average molecular weight is 374 g/mol. The first-order chi connectivity index (χ1) is 13.6. The van der Waals surface area contributed by atoms with E-state index in [4.69, 9.17) is 4.74 Å². The van der Waals surface area contributed by atoms with Crippen LogP contribution < -0.4 is 15.0 Å². The third-order valence-electron chi connectivity index (χ3n) is 4.84. The molecule has 0 aromatic heterocycles. The van der Waals surface area contributed by atoms with Crippen molar-refractivity contribution in [3.8, 4) is 5.75 Å². The van der Waals surface area contributed by atoms with Crippen LogP contribution in [0.4, 0.5) is 11.4 Å². The summed E-state index contributed by atoms with van der Waals surface area (Å²) in [7, 11) is 1.49. The molecule has 0 unspecified atom stereocenters. The minimum atomic E-state index is -1.83. The smallest absolute Gasteiger partial charge is 0.356 e. The van der Waals surface area contributed by atoms with Gasteiger partial charge in [0.1, 0.15) is 5.75 Å². The Morgan fingerprint density at radius 1 is 0.964 bits per heavy atom. The van der Waals surface area contributed by atoms with Crippen molar-refractivity contribution in [1.82, 2.24) is 0 Å². The number of aliphatic carboxylic acids is 1. The molecule has 0 bridgehead atoms. The highest BCUT2D eigenvalue weighted by Crippen LogP contribution is 2.44. The molecule has 1 atom stereocenters. The third kappa shape index (κ3) is 2.50. The van der Waals surface area contributed by atoms with Crippen molar-refractivity contribution < 1.29 is 19.4 Å². The second-order valence-electron chi connectivity index (χ2n) is 6.36. The molecule has 6 heteroatoms. The van der Waals surface area contributed by atoms with E-state index in [0.717, 1.165) is 0 Å². The Morgan fingerprint density at radius 2 is 1.61 bits per heavy atom. The maximum Gasteiger partial charge on any atom is 0.356 e. The summed E-state index contributed by atoms with van der Waals surface area (Å²) in [6.45, 7) is 0. The van der Waals surface area contributed by atoms with Crippen LogP contribution in [0.2, 0.25) is 0 Å². The van der Waals surface area contributed by atoms with Gasteiger partial charge in [-0.25, -0.2) is 4.79 Å². The molecule has 6 nitrogen and oxygen atoms in total. The maximum absolute atomic E-state index is 13.5. The highest BCUT2D eigenvalue weighted by atomic mass is 16.5. The number of methoxy groups -OCH3 is 1. The second-order valence-corrected chi connectivity index (χ2v) is 6.36. The average Bonchev–Trinajstić information content (AvgIpc) is 2.74. The van der Waals surface area contributed by atoms with Gasteiger partial charge in [0.25, 0.3) is 5.91 Å². The monoisotopic (exact) mass is 374 g/mol. The van der Waals surface area contributed by atoms with E-state index in [-0.39, 0.29) is 0 Å². The molecule has 0 saturated heterocycles. The Bertz CT molecular complexity index is 1050.